The molecule has 2 aliphatic heterocycles. The molecule has 0 amide bonds. The van der Waals surface area contributed by atoms with Crippen LogP contribution in [0.1, 0.15) is 29.5 Å². The van der Waals surface area contributed by atoms with Crippen LogP contribution in [-0.2, 0) is 23.4 Å². The molecular formula is C24H25NO2S. The Kier molecular flexibility index (Phi) is 5.00. The Morgan fingerprint density at radius 1 is 1.07 bits per heavy atom. The average molecular weight is 392 g/mol. The molecule has 4 heteroatoms. The molecule has 2 aromatic carbocycles. The first-order chi connectivity index (χ1) is 13.8. The first-order valence-corrected chi connectivity index (χ1v) is 10.9. The molecule has 1 unspecified atom stereocenters. The van der Waals surface area contributed by atoms with E-state index in [1.54, 1.807) is 0 Å². The van der Waals surface area contributed by atoms with Crippen LogP contribution in [-0.4, -0.2) is 25.0 Å². The molecule has 0 radical (unpaired) electrons. The second kappa shape index (κ2) is 7.76. The zero-order valence-corrected chi connectivity index (χ0v) is 16.8. The lowest BCUT2D eigenvalue weighted by molar-refractivity contribution is 0.261. The van der Waals surface area contributed by atoms with Crippen molar-refractivity contribution in [1.82, 2.24) is 0 Å². The van der Waals surface area contributed by atoms with Gasteiger partial charge in [-0.1, -0.05) is 42.5 Å². The van der Waals surface area contributed by atoms with Crippen molar-refractivity contribution in [3.8, 4) is 5.75 Å². The van der Waals surface area contributed by atoms with E-state index in [0.29, 0.717) is 12.5 Å². The number of allylic oxidation sites excluding steroid dienone is 1. The van der Waals surface area contributed by atoms with Crippen molar-refractivity contribution < 1.29 is 8.92 Å². The van der Waals surface area contributed by atoms with Gasteiger partial charge in [0.15, 0.2) is 0 Å². The van der Waals surface area contributed by atoms with Crippen molar-refractivity contribution >= 4 is 18.3 Å². The van der Waals surface area contributed by atoms with Gasteiger partial charge in [0.1, 0.15) is 5.75 Å². The first kappa shape index (κ1) is 18.0. The van der Waals surface area contributed by atoms with E-state index >= 15 is 0 Å². The van der Waals surface area contributed by atoms with E-state index in [0.717, 1.165) is 49.4 Å². The highest BCUT2D eigenvalue weighted by molar-refractivity contribution is 7.94. The van der Waals surface area contributed by atoms with Crippen LogP contribution in [0, 0.1) is 5.92 Å². The predicted molar refractivity (Wildman–Crippen MR) is 114 cm³/mol. The molecular weight excluding hydrogens is 366 g/mol. The lowest BCUT2D eigenvalue weighted by Crippen LogP contribution is -2.34. The molecule has 0 bridgehead atoms. The van der Waals surface area contributed by atoms with Crippen LogP contribution < -0.4 is 4.74 Å². The minimum absolute atomic E-state index is 0.133. The highest BCUT2D eigenvalue weighted by atomic mass is 32.2. The van der Waals surface area contributed by atoms with Crippen LogP contribution in [0.5, 0.6) is 5.75 Å². The smallest absolute Gasteiger partial charge is 0.138 e. The summed E-state index contributed by atoms with van der Waals surface area (Å²) in [6.07, 6.45) is 11.6. The third-order valence-corrected chi connectivity index (χ3v) is 6.96. The number of ether oxygens (including phenoxy) is 1. The normalized spacial score (nSPS) is 22.9. The maximum Gasteiger partial charge on any atom is 0.138 e. The van der Waals surface area contributed by atoms with E-state index in [2.05, 4.69) is 54.6 Å². The van der Waals surface area contributed by atoms with Gasteiger partial charge in [0.25, 0.3) is 0 Å². The van der Waals surface area contributed by atoms with Gasteiger partial charge in [-0.05, 0) is 60.4 Å². The molecule has 0 fully saturated rings. The van der Waals surface area contributed by atoms with Gasteiger partial charge in [-0.2, -0.15) is 0 Å². The molecule has 0 N–H and O–H groups in total. The van der Waals surface area contributed by atoms with Crippen molar-refractivity contribution in [3.63, 3.8) is 0 Å². The Morgan fingerprint density at radius 2 is 1.89 bits per heavy atom. The molecule has 28 heavy (non-hydrogen) atoms. The quantitative estimate of drug-likeness (QED) is 0.500. The molecule has 0 saturated carbocycles. The van der Waals surface area contributed by atoms with Crippen LogP contribution in [0.2, 0.25) is 0 Å². The van der Waals surface area contributed by atoms with Gasteiger partial charge in [0.2, 0.25) is 0 Å². The van der Waals surface area contributed by atoms with Crippen molar-refractivity contribution in [2.75, 3.05) is 13.2 Å². The molecule has 1 atom stereocenters. The number of fused-ring (bicyclic) bond motifs is 2. The Balaban J connectivity index is 1.22. The van der Waals surface area contributed by atoms with Crippen LogP contribution in [0.15, 0.2) is 64.5 Å². The van der Waals surface area contributed by atoms with Gasteiger partial charge in [0, 0.05) is 24.7 Å². The fraction of sp³-hybridized carbons (Fsp3) is 0.375. The van der Waals surface area contributed by atoms with E-state index in [-0.39, 0.29) is 5.54 Å². The number of benzene rings is 2. The summed E-state index contributed by atoms with van der Waals surface area (Å²) in [5, 5.41) is 0. The standard InChI is InChI=1S/C24H25NO2S/c1-2-7-20-17-21(16-19(20)6-1)24(11-5-13-25-24)12-15-27-28-22-10-3-8-18-9-4-14-26-23(18)22/h1-3,5-8,10-11,13,21H,4,9,12,14-17H2. The number of nitrogens with zero attached hydrogens (tertiary/aromatic N) is 1. The Hall–Kier alpha value is -2.04. The Bertz CT molecular complexity index is 884. The van der Waals surface area contributed by atoms with Gasteiger partial charge < -0.3 is 8.92 Å². The van der Waals surface area contributed by atoms with Crippen molar-refractivity contribution in [3.05, 3.63) is 71.3 Å². The molecule has 0 saturated heterocycles. The Morgan fingerprint density at radius 3 is 2.68 bits per heavy atom. The molecule has 3 nitrogen and oxygen atoms in total. The van der Waals surface area contributed by atoms with E-state index < -0.39 is 0 Å². The van der Waals surface area contributed by atoms with E-state index in [9.17, 15) is 0 Å². The number of hydrogen-bond donors (Lipinski definition) is 0. The summed E-state index contributed by atoms with van der Waals surface area (Å²) in [5.41, 5.74) is 4.12. The van der Waals surface area contributed by atoms with Crippen LogP contribution in [0.4, 0.5) is 0 Å². The summed E-state index contributed by atoms with van der Waals surface area (Å²) < 4.78 is 11.9. The van der Waals surface area contributed by atoms with Gasteiger partial charge in [-0.3, -0.25) is 4.99 Å². The number of hydrogen-bond acceptors (Lipinski definition) is 4. The minimum Gasteiger partial charge on any atom is -0.492 e. The summed E-state index contributed by atoms with van der Waals surface area (Å²) in [4.78, 5) is 5.98. The molecule has 144 valence electrons. The maximum absolute atomic E-state index is 6.04. The highest BCUT2D eigenvalue weighted by Crippen LogP contribution is 2.41. The summed E-state index contributed by atoms with van der Waals surface area (Å²) >= 11 is 1.45. The van der Waals surface area contributed by atoms with Gasteiger partial charge in [-0.25, -0.2) is 0 Å². The third kappa shape index (κ3) is 3.40. The summed E-state index contributed by atoms with van der Waals surface area (Å²) in [6.45, 7) is 1.47. The lowest BCUT2D eigenvalue weighted by Gasteiger charge is -2.31. The van der Waals surface area contributed by atoms with Crippen molar-refractivity contribution in [1.29, 1.82) is 0 Å². The average Bonchev–Trinajstić information content (AvgIpc) is 3.39. The van der Waals surface area contributed by atoms with E-state index in [1.165, 1.54) is 28.7 Å². The highest BCUT2D eigenvalue weighted by Gasteiger charge is 2.40. The van der Waals surface area contributed by atoms with E-state index in [1.807, 2.05) is 6.21 Å². The second-order valence-electron chi connectivity index (χ2n) is 7.85. The predicted octanol–water partition coefficient (Wildman–Crippen LogP) is 5.22. The molecule has 5 rings (SSSR count). The van der Waals surface area contributed by atoms with Crippen LogP contribution in [0.3, 0.4) is 0 Å². The van der Waals surface area contributed by atoms with Crippen LogP contribution in [0.25, 0.3) is 0 Å². The number of rotatable bonds is 6. The molecule has 3 aliphatic rings. The van der Waals surface area contributed by atoms with Gasteiger partial charge in [0.05, 0.1) is 23.6 Å². The summed E-state index contributed by atoms with van der Waals surface area (Å²) in [6, 6.07) is 15.1. The molecule has 1 aliphatic carbocycles. The van der Waals surface area contributed by atoms with Gasteiger partial charge >= 0.3 is 0 Å². The number of aryl methyl sites for hydroxylation is 1. The monoisotopic (exact) mass is 391 g/mol. The number of aliphatic imine (C=N–C) groups is 1. The third-order valence-electron chi connectivity index (χ3n) is 6.18. The zero-order valence-electron chi connectivity index (χ0n) is 16.0. The van der Waals surface area contributed by atoms with Crippen molar-refractivity contribution in [2.24, 2.45) is 10.9 Å². The largest absolute Gasteiger partial charge is 0.492 e. The van der Waals surface area contributed by atoms with Crippen molar-refractivity contribution in [2.45, 2.75) is 42.5 Å². The lowest BCUT2D eigenvalue weighted by atomic mass is 9.80. The van der Waals surface area contributed by atoms with Crippen LogP contribution >= 0.6 is 12.0 Å². The SMILES string of the molecule is C1=CC(CCOSc2cccc3c2OCCC3)(C2Cc3ccccc3C2)N=C1. The summed E-state index contributed by atoms with van der Waals surface area (Å²) in [5.74, 6) is 1.53. The number of para-hydroxylation sites is 1. The van der Waals surface area contributed by atoms with Gasteiger partial charge in [-0.15, -0.1) is 0 Å². The fourth-order valence-corrected chi connectivity index (χ4v) is 5.37. The molecule has 0 aromatic heterocycles. The fourth-order valence-electron chi connectivity index (χ4n) is 4.68. The second-order valence-corrected chi connectivity index (χ2v) is 8.70. The molecule has 2 aromatic rings. The molecule has 0 spiro atoms. The minimum atomic E-state index is -0.133. The first-order valence-electron chi connectivity index (χ1n) is 10.2. The zero-order chi connectivity index (χ0) is 18.8. The van der Waals surface area contributed by atoms with E-state index in [4.69, 9.17) is 13.9 Å². The topological polar surface area (TPSA) is 30.8 Å². The molecule has 2 heterocycles. The summed E-state index contributed by atoms with van der Waals surface area (Å²) in [7, 11) is 0. The maximum atomic E-state index is 6.04. The Labute approximate surface area is 171 Å².